The Morgan fingerprint density at radius 1 is 1.33 bits per heavy atom. The van der Waals surface area contributed by atoms with Crippen molar-refractivity contribution in [3.63, 3.8) is 0 Å². The van der Waals surface area contributed by atoms with Crippen LogP contribution in [0.15, 0.2) is 27.5 Å². The molecule has 1 aromatic heterocycles. The summed E-state index contributed by atoms with van der Waals surface area (Å²) in [7, 11) is 0. The van der Waals surface area contributed by atoms with Gasteiger partial charge in [-0.2, -0.15) is 0 Å². The van der Waals surface area contributed by atoms with Crippen molar-refractivity contribution in [2.45, 2.75) is 38.6 Å². The Labute approximate surface area is 126 Å². The summed E-state index contributed by atoms with van der Waals surface area (Å²) < 4.78 is 20.2. The third kappa shape index (κ3) is 2.88. The average Bonchev–Trinajstić information content (AvgIpc) is 2.82. The monoisotopic (exact) mass is 310 g/mol. The maximum atomic E-state index is 14.0. The second kappa shape index (κ2) is 6.02. The van der Waals surface area contributed by atoms with Crippen LogP contribution in [-0.2, 0) is 6.54 Å². The van der Waals surface area contributed by atoms with E-state index in [-0.39, 0.29) is 16.4 Å². The summed E-state index contributed by atoms with van der Waals surface area (Å²) in [5.41, 5.74) is 0.126. The minimum Gasteiger partial charge on any atom is -0.295 e. The highest BCUT2D eigenvalue weighted by molar-refractivity contribution is 6.33. The van der Waals surface area contributed by atoms with Gasteiger partial charge in [0.15, 0.2) is 5.82 Å². The summed E-state index contributed by atoms with van der Waals surface area (Å²) in [5, 5.41) is 3.95. The Morgan fingerprint density at radius 3 is 2.81 bits per heavy atom. The fraction of sp³-hybridized carbons (Fsp3) is 0.467. The van der Waals surface area contributed by atoms with Crippen LogP contribution in [0, 0.1) is 11.7 Å². The number of halogens is 2. The second-order valence-electron chi connectivity index (χ2n) is 5.48. The van der Waals surface area contributed by atoms with Crippen molar-refractivity contribution >= 4 is 11.6 Å². The van der Waals surface area contributed by atoms with Gasteiger partial charge < -0.3 is 0 Å². The number of nitrogens with zero attached hydrogens (tertiary/aromatic N) is 2. The molecule has 0 saturated heterocycles. The first-order chi connectivity index (χ1) is 10.2. The average molecular weight is 311 g/mol. The van der Waals surface area contributed by atoms with Crippen LogP contribution in [0.3, 0.4) is 0 Å². The normalized spacial score (nSPS) is 16.3. The van der Waals surface area contributed by atoms with Gasteiger partial charge in [-0.15, -0.1) is 0 Å². The smallest absolute Gasteiger partial charge is 0.295 e. The van der Waals surface area contributed by atoms with Gasteiger partial charge in [-0.1, -0.05) is 42.1 Å². The zero-order chi connectivity index (χ0) is 14.8. The molecule has 1 saturated carbocycles. The predicted octanol–water partition coefficient (Wildman–Crippen LogP) is 3.88. The van der Waals surface area contributed by atoms with Crippen LogP contribution >= 0.6 is 11.6 Å². The van der Waals surface area contributed by atoms with E-state index in [0.29, 0.717) is 12.5 Å². The summed E-state index contributed by atoms with van der Waals surface area (Å²) in [6.07, 6.45) is 5.71. The molecule has 112 valence electrons. The molecule has 0 N–H and O–H groups in total. The molecule has 1 aromatic carbocycles. The van der Waals surface area contributed by atoms with Gasteiger partial charge in [0.25, 0.3) is 0 Å². The van der Waals surface area contributed by atoms with Crippen molar-refractivity contribution in [3.05, 3.63) is 39.6 Å². The van der Waals surface area contributed by atoms with Gasteiger partial charge in [-0.25, -0.2) is 9.18 Å². The summed E-state index contributed by atoms with van der Waals surface area (Å²) in [5.74, 6) is -0.489. The lowest BCUT2D eigenvalue weighted by Crippen LogP contribution is -2.22. The Kier molecular flexibility index (Phi) is 4.10. The SMILES string of the molecule is O=c1onc(-c2c(F)cccc2Cl)n1CC1CCCCC1. The molecule has 21 heavy (non-hydrogen) atoms. The highest BCUT2D eigenvalue weighted by atomic mass is 35.5. The molecule has 1 fully saturated rings. The zero-order valence-electron chi connectivity index (χ0n) is 11.5. The molecule has 1 aliphatic rings. The topological polar surface area (TPSA) is 48.0 Å². The van der Waals surface area contributed by atoms with E-state index in [9.17, 15) is 9.18 Å². The Bertz CT molecular complexity index is 669. The van der Waals surface area contributed by atoms with Gasteiger partial charge in [0.2, 0.25) is 0 Å². The van der Waals surface area contributed by atoms with E-state index in [1.54, 1.807) is 6.07 Å². The quantitative estimate of drug-likeness (QED) is 0.864. The molecule has 0 aliphatic heterocycles. The van der Waals surface area contributed by atoms with E-state index in [2.05, 4.69) is 5.16 Å². The van der Waals surface area contributed by atoms with Crippen molar-refractivity contribution in [2.24, 2.45) is 5.92 Å². The first kappa shape index (κ1) is 14.3. The molecule has 1 heterocycles. The molecule has 0 bridgehead atoms. The summed E-state index contributed by atoms with van der Waals surface area (Å²) in [6.45, 7) is 0.502. The third-order valence-corrected chi connectivity index (χ3v) is 4.35. The van der Waals surface area contributed by atoms with Crippen LogP contribution < -0.4 is 5.76 Å². The van der Waals surface area contributed by atoms with Crippen molar-refractivity contribution < 1.29 is 8.91 Å². The van der Waals surface area contributed by atoms with Gasteiger partial charge >= 0.3 is 5.76 Å². The maximum absolute atomic E-state index is 14.0. The maximum Gasteiger partial charge on any atom is 0.441 e. The number of hydrogen-bond acceptors (Lipinski definition) is 3. The first-order valence-corrected chi connectivity index (χ1v) is 7.55. The van der Waals surface area contributed by atoms with Crippen LogP contribution in [0.1, 0.15) is 32.1 Å². The molecule has 4 nitrogen and oxygen atoms in total. The molecule has 0 atom stereocenters. The van der Waals surface area contributed by atoms with Crippen LogP contribution in [0.2, 0.25) is 5.02 Å². The zero-order valence-corrected chi connectivity index (χ0v) is 12.3. The predicted molar refractivity (Wildman–Crippen MR) is 77.7 cm³/mol. The summed E-state index contributed by atoms with van der Waals surface area (Å²) in [4.78, 5) is 11.9. The number of rotatable bonds is 3. The van der Waals surface area contributed by atoms with Crippen LogP contribution in [0.25, 0.3) is 11.4 Å². The van der Waals surface area contributed by atoms with E-state index in [1.165, 1.54) is 36.0 Å². The summed E-state index contributed by atoms with van der Waals surface area (Å²) >= 11 is 6.05. The Balaban J connectivity index is 1.98. The minimum atomic E-state index is -0.560. The molecule has 1 aliphatic carbocycles. The lowest BCUT2D eigenvalue weighted by molar-refractivity contribution is 0.305. The van der Waals surface area contributed by atoms with Gasteiger partial charge in [-0.3, -0.25) is 9.09 Å². The van der Waals surface area contributed by atoms with Crippen LogP contribution in [0.4, 0.5) is 4.39 Å². The van der Waals surface area contributed by atoms with Gasteiger partial charge in [0, 0.05) is 6.54 Å². The summed E-state index contributed by atoms with van der Waals surface area (Å²) in [6, 6.07) is 4.39. The van der Waals surface area contributed by atoms with Crippen LogP contribution in [-0.4, -0.2) is 9.72 Å². The van der Waals surface area contributed by atoms with E-state index < -0.39 is 11.6 Å². The standard InChI is InChI=1S/C15H16ClFN2O2/c16-11-7-4-8-12(17)13(11)14-18-21-15(20)19(14)9-10-5-2-1-3-6-10/h4,7-8,10H,1-3,5-6,9H2. The largest absolute Gasteiger partial charge is 0.441 e. The lowest BCUT2D eigenvalue weighted by Gasteiger charge is -2.21. The molecular formula is C15H16ClFN2O2. The van der Waals surface area contributed by atoms with E-state index in [4.69, 9.17) is 16.1 Å². The fourth-order valence-corrected chi connectivity index (χ4v) is 3.20. The van der Waals surface area contributed by atoms with Gasteiger partial charge in [-0.05, 0) is 30.9 Å². The second-order valence-corrected chi connectivity index (χ2v) is 5.89. The molecule has 3 rings (SSSR count). The van der Waals surface area contributed by atoms with Gasteiger partial charge in [0.05, 0.1) is 10.6 Å². The number of hydrogen-bond donors (Lipinski definition) is 0. The van der Waals surface area contributed by atoms with Crippen molar-refractivity contribution in [2.75, 3.05) is 0 Å². The first-order valence-electron chi connectivity index (χ1n) is 7.17. The molecule has 0 radical (unpaired) electrons. The number of aromatic nitrogens is 2. The number of benzene rings is 1. The Hall–Kier alpha value is -1.62. The molecule has 0 unspecified atom stereocenters. The lowest BCUT2D eigenvalue weighted by atomic mass is 9.89. The van der Waals surface area contributed by atoms with Crippen molar-refractivity contribution in [1.82, 2.24) is 9.72 Å². The van der Waals surface area contributed by atoms with Crippen molar-refractivity contribution in [1.29, 1.82) is 0 Å². The van der Waals surface area contributed by atoms with E-state index in [0.717, 1.165) is 12.8 Å². The van der Waals surface area contributed by atoms with E-state index >= 15 is 0 Å². The molecule has 0 amide bonds. The molecular weight excluding hydrogens is 295 g/mol. The fourth-order valence-electron chi connectivity index (χ4n) is 2.95. The third-order valence-electron chi connectivity index (χ3n) is 4.04. The highest BCUT2D eigenvalue weighted by Gasteiger charge is 2.22. The van der Waals surface area contributed by atoms with Gasteiger partial charge in [0.1, 0.15) is 5.82 Å². The van der Waals surface area contributed by atoms with Crippen molar-refractivity contribution in [3.8, 4) is 11.4 Å². The van der Waals surface area contributed by atoms with E-state index in [1.807, 2.05) is 0 Å². The minimum absolute atomic E-state index is 0.126. The van der Waals surface area contributed by atoms with Crippen LogP contribution in [0.5, 0.6) is 0 Å². The molecule has 0 spiro atoms. The highest BCUT2D eigenvalue weighted by Crippen LogP contribution is 2.30. The molecule has 2 aromatic rings. The Morgan fingerprint density at radius 2 is 2.10 bits per heavy atom. The molecule has 6 heteroatoms.